The highest BCUT2D eigenvalue weighted by atomic mass is 19.4. The predicted molar refractivity (Wildman–Crippen MR) is 65.1 cm³/mol. The van der Waals surface area contributed by atoms with Gasteiger partial charge in [0.25, 0.3) is 0 Å². The zero-order chi connectivity index (χ0) is 13.3. The molecule has 0 radical (unpaired) electrons. The molecule has 0 saturated heterocycles. The standard InChI is InChI=1S/C14H18F3N/c1-9-7-11(14(15,16)17)5-6-12(9)13(18)8-10-3-2-4-10/h5-7,10,13H,2-4,8,18H2,1H3. The molecule has 0 spiro atoms. The molecule has 0 heterocycles. The number of hydrogen-bond donors (Lipinski definition) is 1. The lowest BCUT2D eigenvalue weighted by Gasteiger charge is -2.28. The lowest BCUT2D eigenvalue weighted by Crippen LogP contribution is -2.21. The molecule has 1 aromatic rings. The van der Waals surface area contributed by atoms with Crippen LogP contribution < -0.4 is 5.73 Å². The van der Waals surface area contributed by atoms with Gasteiger partial charge in [0, 0.05) is 6.04 Å². The molecular formula is C14H18F3N. The lowest BCUT2D eigenvalue weighted by atomic mass is 9.79. The Labute approximate surface area is 105 Å². The van der Waals surface area contributed by atoms with E-state index >= 15 is 0 Å². The summed E-state index contributed by atoms with van der Waals surface area (Å²) in [5, 5.41) is 0. The summed E-state index contributed by atoms with van der Waals surface area (Å²) in [4.78, 5) is 0. The van der Waals surface area contributed by atoms with Crippen molar-refractivity contribution in [1.29, 1.82) is 0 Å². The Morgan fingerprint density at radius 2 is 2.00 bits per heavy atom. The molecule has 4 heteroatoms. The van der Waals surface area contributed by atoms with Crippen LogP contribution in [-0.2, 0) is 6.18 Å². The minimum Gasteiger partial charge on any atom is -0.324 e. The van der Waals surface area contributed by atoms with Crippen molar-refractivity contribution in [3.63, 3.8) is 0 Å². The van der Waals surface area contributed by atoms with E-state index < -0.39 is 11.7 Å². The molecule has 1 unspecified atom stereocenters. The summed E-state index contributed by atoms with van der Waals surface area (Å²) in [6.07, 6.45) is 0.262. The van der Waals surface area contributed by atoms with Crippen LogP contribution in [0.5, 0.6) is 0 Å². The molecule has 1 saturated carbocycles. The van der Waals surface area contributed by atoms with Gasteiger partial charge in [-0.25, -0.2) is 0 Å². The van der Waals surface area contributed by atoms with Crippen molar-refractivity contribution in [3.8, 4) is 0 Å². The zero-order valence-corrected chi connectivity index (χ0v) is 10.4. The molecule has 0 aromatic heterocycles. The van der Waals surface area contributed by atoms with Crippen molar-refractivity contribution < 1.29 is 13.2 Å². The molecule has 0 bridgehead atoms. The Morgan fingerprint density at radius 3 is 2.44 bits per heavy atom. The van der Waals surface area contributed by atoms with Gasteiger partial charge in [0.2, 0.25) is 0 Å². The van der Waals surface area contributed by atoms with E-state index in [0.29, 0.717) is 11.5 Å². The second kappa shape index (κ2) is 4.92. The molecule has 0 amide bonds. The van der Waals surface area contributed by atoms with E-state index in [2.05, 4.69) is 0 Å². The number of aryl methyl sites for hydroxylation is 1. The highest BCUT2D eigenvalue weighted by Gasteiger charge is 2.31. The van der Waals surface area contributed by atoms with Crippen LogP contribution in [0.4, 0.5) is 13.2 Å². The summed E-state index contributed by atoms with van der Waals surface area (Å²) < 4.78 is 37.6. The van der Waals surface area contributed by atoms with Crippen LogP contribution in [0.15, 0.2) is 18.2 Å². The lowest BCUT2D eigenvalue weighted by molar-refractivity contribution is -0.137. The molecule has 1 nitrogen and oxygen atoms in total. The fourth-order valence-corrected chi connectivity index (χ4v) is 2.48. The van der Waals surface area contributed by atoms with Gasteiger partial charge in [0.05, 0.1) is 5.56 Å². The first-order valence-electron chi connectivity index (χ1n) is 6.31. The average molecular weight is 257 g/mol. The Balaban J connectivity index is 2.13. The maximum Gasteiger partial charge on any atom is 0.416 e. The van der Waals surface area contributed by atoms with Crippen molar-refractivity contribution in [2.45, 2.75) is 44.8 Å². The predicted octanol–water partition coefficient (Wildman–Crippen LogP) is 4.20. The number of nitrogens with two attached hydrogens (primary N) is 1. The van der Waals surface area contributed by atoms with Gasteiger partial charge in [0.15, 0.2) is 0 Å². The largest absolute Gasteiger partial charge is 0.416 e. The normalized spacial score (nSPS) is 18.5. The molecule has 1 aliphatic rings. The first kappa shape index (κ1) is 13.4. The number of rotatable bonds is 3. The van der Waals surface area contributed by atoms with Gasteiger partial charge in [-0.3, -0.25) is 0 Å². The summed E-state index contributed by atoms with van der Waals surface area (Å²) in [5.74, 6) is 0.654. The van der Waals surface area contributed by atoms with Gasteiger partial charge in [-0.1, -0.05) is 25.3 Å². The number of benzene rings is 1. The number of hydrogen-bond acceptors (Lipinski definition) is 1. The summed E-state index contributed by atoms with van der Waals surface area (Å²) in [6.45, 7) is 1.70. The Hall–Kier alpha value is -1.03. The van der Waals surface area contributed by atoms with Crippen LogP contribution in [0.25, 0.3) is 0 Å². The molecule has 0 aliphatic heterocycles. The Morgan fingerprint density at radius 1 is 1.33 bits per heavy atom. The van der Waals surface area contributed by atoms with Crippen LogP contribution >= 0.6 is 0 Å². The van der Waals surface area contributed by atoms with Gasteiger partial charge in [-0.2, -0.15) is 13.2 Å². The third-order valence-electron chi connectivity index (χ3n) is 3.81. The third-order valence-corrected chi connectivity index (χ3v) is 3.81. The van der Waals surface area contributed by atoms with E-state index in [0.717, 1.165) is 18.1 Å². The van der Waals surface area contributed by atoms with Gasteiger partial charge in [-0.15, -0.1) is 0 Å². The summed E-state index contributed by atoms with van der Waals surface area (Å²) in [5.41, 5.74) is 6.96. The smallest absolute Gasteiger partial charge is 0.324 e. The summed E-state index contributed by atoms with van der Waals surface area (Å²) in [6, 6.07) is 3.71. The maximum atomic E-state index is 12.5. The van der Waals surface area contributed by atoms with Crippen LogP contribution in [0.3, 0.4) is 0 Å². The topological polar surface area (TPSA) is 26.0 Å². The van der Waals surface area contributed by atoms with Crippen LogP contribution in [0.1, 0.15) is 48.4 Å². The zero-order valence-electron chi connectivity index (χ0n) is 10.4. The van der Waals surface area contributed by atoms with E-state index in [1.165, 1.54) is 31.4 Å². The summed E-state index contributed by atoms with van der Waals surface area (Å²) >= 11 is 0. The molecule has 1 aliphatic carbocycles. The fourth-order valence-electron chi connectivity index (χ4n) is 2.48. The van der Waals surface area contributed by atoms with Gasteiger partial charge in [-0.05, 0) is 42.5 Å². The first-order chi connectivity index (χ1) is 8.38. The number of halogens is 3. The highest BCUT2D eigenvalue weighted by Crippen LogP contribution is 2.36. The van der Waals surface area contributed by atoms with E-state index in [1.807, 2.05) is 0 Å². The molecule has 2 N–H and O–H groups in total. The van der Waals surface area contributed by atoms with E-state index in [9.17, 15) is 13.2 Å². The number of alkyl halides is 3. The average Bonchev–Trinajstić information content (AvgIpc) is 2.21. The second-order valence-corrected chi connectivity index (χ2v) is 5.21. The van der Waals surface area contributed by atoms with Crippen molar-refractivity contribution in [3.05, 3.63) is 34.9 Å². The monoisotopic (exact) mass is 257 g/mol. The molecule has 18 heavy (non-hydrogen) atoms. The van der Waals surface area contributed by atoms with Gasteiger partial charge in [0.1, 0.15) is 0 Å². The van der Waals surface area contributed by atoms with Crippen molar-refractivity contribution in [1.82, 2.24) is 0 Å². The third kappa shape index (κ3) is 2.86. The van der Waals surface area contributed by atoms with Crippen molar-refractivity contribution in [2.24, 2.45) is 11.7 Å². The highest BCUT2D eigenvalue weighted by molar-refractivity contribution is 5.34. The molecule has 1 aromatic carbocycles. The molecule has 1 fully saturated rings. The minimum absolute atomic E-state index is 0.141. The fraction of sp³-hybridized carbons (Fsp3) is 0.571. The van der Waals surface area contributed by atoms with E-state index in [-0.39, 0.29) is 6.04 Å². The molecule has 1 atom stereocenters. The Kier molecular flexibility index (Phi) is 3.66. The SMILES string of the molecule is Cc1cc(C(F)(F)F)ccc1C(N)CC1CCC1. The van der Waals surface area contributed by atoms with Gasteiger partial charge < -0.3 is 5.73 Å². The molecule has 2 rings (SSSR count). The molecule has 100 valence electrons. The van der Waals surface area contributed by atoms with Gasteiger partial charge >= 0.3 is 6.18 Å². The second-order valence-electron chi connectivity index (χ2n) is 5.21. The first-order valence-corrected chi connectivity index (χ1v) is 6.31. The van der Waals surface area contributed by atoms with Crippen LogP contribution in [-0.4, -0.2) is 0 Å². The van der Waals surface area contributed by atoms with Crippen molar-refractivity contribution in [2.75, 3.05) is 0 Å². The van der Waals surface area contributed by atoms with Crippen molar-refractivity contribution >= 4 is 0 Å². The van der Waals surface area contributed by atoms with Crippen LogP contribution in [0.2, 0.25) is 0 Å². The maximum absolute atomic E-state index is 12.5. The molecular weight excluding hydrogens is 239 g/mol. The minimum atomic E-state index is -4.28. The summed E-state index contributed by atoms with van der Waals surface area (Å²) in [7, 11) is 0. The Bertz CT molecular complexity index is 422. The van der Waals surface area contributed by atoms with E-state index in [4.69, 9.17) is 5.73 Å². The van der Waals surface area contributed by atoms with Crippen LogP contribution in [0, 0.1) is 12.8 Å². The quantitative estimate of drug-likeness (QED) is 0.862. The van der Waals surface area contributed by atoms with E-state index in [1.54, 1.807) is 6.92 Å².